The molecule has 3 rings (SSSR count). The van der Waals surface area contributed by atoms with E-state index in [4.69, 9.17) is 16.3 Å². The largest absolute Gasteiger partial charge is 0.492 e. The topological polar surface area (TPSA) is 46.5 Å². The molecule has 1 aromatic carbocycles. The highest BCUT2D eigenvalue weighted by molar-refractivity contribution is 7.17. The zero-order chi connectivity index (χ0) is 16.9. The molecule has 3 aromatic rings. The average Bonchev–Trinajstić information content (AvgIpc) is 3.19. The van der Waals surface area contributed by atoms with E-state index in [1.165, 1.54) is 9.75 Å². The Hall–Kier alpha value is -1.89. The number of hydrogen-bond donors (Lipinski definition) is 1. The number of rotatable bonds is 6. The Bertz CT molecular complexity index is 844. The number of thiazole rings is 1. The van der Waals surface area contributed by atoms with E-state index in [1.807, 2.05) is 31.2 Å². The molecule has 0 spiro atoms. The number of nitrogens with zero attached hydrogens (tertiary/aromatic N) is 2. The van der Waals surface area contributed by atoms with Crippen LogP contribution in [0.15, 0.2) is 40.8 Å². The quantitative estimate of drug-likeness (QED) is 0.444. The van der Waals surface area contributed by atoms with Crippen LogP contribution >= 0.6 is 34.3 Å². The minimum absolute atomic E-state index is 0.575. The zero-order valence-electron chi connectivity index (χ0n) is 13.2. The first-order valence-corrected chi connectivity index (χ1v) is 9.47. The summed E-state index contributed by atoms with van der Waals surface area (Å²) in [6.45, 7) is 4.58. The van der Waals surface area contributed by atoms with Crippen LogP contribution in [0.1, 0.15) is 17.4 Å². The predicted octanol–water partition coefficient (Wildman–Crippen LogP) is 5.68. The molecule has 0 aliphatic heterocycles. The van der Waals surface area contributed by atoms with E-state index in [2.05, 4.69) is 33.9 Å². The number of hydrogen-bond acceptors (Lipinski definition) is 6. The summed E-state index contributed by atoms with van der Waals surface area (Å²) in [4.78, 5) is 6.93. The lowest BCUT2D eigenvalue weighted by Gasteiger charge is -2.05. The molecular weight excluding hydrogens is 362 g/mol. The SMILES string of the molecule is CCOc1ccc(/C=N\Nc2nc(-c3cccs3)c(C)s2)cc1Cl. The molecule has 0 radical (unpaired) electrons. The second-order valence-electron chi connectivity index (χ2n) is 4.89. The van der Waals surface area contributed by atoms with E-state index in [1.54, 1.807) is 28.9 Å². The van der Waals surface area contributed by atoms with E-state index < -0.39 is 0 Å². The van der Waals surface area contributed by atoms with Crippen LogP contribution in [0, 0.1) is 6.92 Å². The number of nitrogens with one attached hydrogen (secondary N) is 1. The molecule has 0 amide bonds. The van der Waals surface area contributed by atoms with Crippen molar-refractivity contribution in [1.29, 1.82) is 0 Å². The molecule has 124 valence electrons. The lowest BCUT2D eigenvalue weighted by molar-refractivity contribution is 0.340. The number of thiophene rings is 1. The molecule has 4 nitrogen and oxygen atoms in total. The van der Waals surface area contributed by atoms with Crippen LogP contribution in [0.25, 0.3) is 10.6 Å². The van der Waals surface area contributed by atoms with Crippen LogP contribution in [-0.4, -0.2) is 17.8 Å². The van der Waals surface area contributed by atoms with Gasteiger partial charge in [-0.2, -0.15) is 5.10 Å². The van der Waals surface area contributed by atoms with Gasteiger partial charge in [0.1, 0.15) is 5.75 Å². The Kier molecular flexibility index (Phi) is 5.50. The summed E-state index contributed by atoms with van der Waals surface area (Å²) in [5.74, 6) is 0.681. The number of aromatic nitrogens is 1. The van der Waals surface area contributed by atoms with Gasteiger partial charge in [-0.25, -0.2) is 4.98 Å². The third kappa shape index (κ3) is 3.95. The monoisotopic (exact) mass is 377 g/mol. The zero-order valence-corrected chi connectivity index (χ0v) is 15.6. The molecule has 24 heavy (non-hydrogen) atoms. The second-order valence-corrected chi connectivity index (χ2v) is 7.45. The van der Waals surface area contributed by atoms with Crippen LogP contribution < -0.4 is 10.2 Å². The third-order valence-electron chi connectivity index (χ3n) is 3.18. The number of halogens is 1. The van der Waals surface area contributed by atoms with E-state index in [0.717, 1.165) is 16.4 Å². The molecule has 0 aliphatic rings. The number of hydrazone groups is 1. The molecule has 0 fully saturated rings. The highest BCUT2D eigenvalue weighted by Crippen LogP contribution is 2.33. The first kappa shape index (κ1) is 17.0. The van der Waals surface area contributed by atoms with E-state index in [0.29, 0.717) is 17.4 Å². The number of anilines is 1. The van der Waals surface area contributed by atoms with Crippen molar-refractivity contribution in [2.45, 2.75) is 13.8 Å². The molecule has 0 bridgehead atoms. The number of benzene rings is 1. The molecule has 2 heterocycles. The van der Waals surface area contributed by atoms with Gasteiger partial charge in [0, 0.05) is 4.88 Å². The van der Waals surface area contributed by atoms with Gasteiger partial charge in [-0.1, -0.05) is 17.7 Å². The number of aryl methyl sites for hydroxylation is 1. The van der Waals surface area contributed by atoms with Crippen LogP contribution in [0.2, 0.25) is 5.02 Å². The maximum Gasteiger partial charge on any atom is 0.204 e. The Morgan fingerprint density at radius 1 is 1.38 bits per heavy atom. The van der Waals surface area contributed by atoms with Crippen LogP contribution in [-0.2, 0) is 0 Å². The van der Waals surface area contributed by atoms with Gasteiger partial charge in [0.05, 0.1) is 28.4 Å². The van der Waals surface area contributed by atoms with Crippen molar-refractivity contribution in [1.82, 2.24) is 4.98 Å². The standard InChI is InChI=1S/C17H16ClN3OS2/c1-3-22-14-7-6-12(9-13(14)18)10-19-21-17-20-16(11(2)24-17)15-5-4-8-23-15/h4-10H,3H2,1-2H3,(H,20,21)/b19-10-. The van der Waals surface area contributed by atoms with Gasteiger partial charge in [0.2, 0.25) is 5.13 Å². The lowest BCUT2D eigenvalue weighted by Crippen LogP contribution is -1.94. The first-order chi connectivity index (χ1) is 11.7. The van der Waals surface area contributed by atoms with Gasteiger partial charge in [0.25, 0.3) is 0 Å². The third-order valence-corrected chi connectivity index (χ3v) is 5.23. The van der Waals surface area contributed by atoms with Gasteiger partial charge in [0.15, 0.2) is 0 Å². The normalized spacial score (nSPS) is 11.1. The lowest BCUT2D eigenvalue weighted by atomic mass is 10.2. The summed E-state index contributed by atoms with van der Waals surface area (Å²) in [5, 5.41) is 7.63. The first-order valence-electron chi connectivity index (χ1n) is 7.40. The van der Waals surface area contributed by atoms with Crippen LogP contribution in [0.4, 0.5) is 5.13 Å². The van der Waals surface area contributed by atoms with Crippen molar-refractivity contribution in [3.05, 3.63) is 51.2 Å². The molecular formula is C17H16ClN3OS2. The van der Waals surface area contributed by atoms with Gasteiger partial charge in [-0.3, -0.25) is 5.43 Å². The van der Waals surface area contributed by atoms with Crippen molar-refractivity contribution < 1.29 is 4.74 Å². The highest BCUT2D eigenvalue weighted by atomic mass is 35.5. The molecule has 0 unspecified atom stereocenters. The molecule has 0 atom stereocenters. The van der Waals surface area contributed by atoms with Gasteiger partial charge < -0.3 is 4.74 Å². The molecule has 2 aromatic heterocycles. The molecule has 0 aliphatic carbocycles. The van der Waals surface area contributed by atoms with Gasteiger partial charge in [-0.05, 0) is 49.1 Å². The summed E-state index contributed by atoms with van der Waals surface area (Å²) >= 11 is 9.44. The molecule has 7 heteroatoms. The average molecular weight is 378 g/mol. The van der Waals surface area contributed by atoms with E-state index >= 15 is 0 Å². The fourth-order valence-corrected chi connectivity index (χ4v) is 3.98. The minimum Gasteiger partial charge on any atom is -0.492 e. The Morgan fingerprint density at radius 3 is 2.96 bits per heavy atom. The summed E-state index contributed by atoms with van der Waals surface area (Å²) in [5.41, 5.74) is 4.89. The second kappa shape index (κ2) is 7.79. The summed E-state index contributed by atoms with van der Waals surface area (Å²) in [7, 11) is 0. The molecule has 0 saturated heterocycles. The van der Waals surface area contributed by atoms with Crippen LogP contribution in [0.3, 0.4) is 0 Å². The molecule has 0 saturated carbocycles. The minimum atomic E-state index is 0.575. The van der Waals surface area contributed by atoms with Gasteiger partial charge >= 0.3 is 0 Å². The summed E-state index contributed by atoms with van der Waals surface area (Å²) in [6, 6.07) is 9.67. The van der Waals surface area contributed by atoms with Crippen molar-refractivity contribution >= 4 is 45.6 Å². The smallest absolute Gasteiger partial charge is 0.204 e. The Morgan fingerprint density at radius 2 is 2.25 bits per heavy atom. The predicted molar refractivity (Wildman–Crippen MR) is 104 cm³/mol. The van der Waals surface area contributed by atoms with E-state index in [-0.39, 0.29) is 0 Å². The fraction of sp³-hybridized carbons (Fsp3) is 0.176. The van der Waals surface area contributed by atoms with Crippen LogP contribution in [0.5, 0.6) is 5.75 Å². The summed E-state index contributed by atoms with van der Waals surface area (Å²) in [6.07, 6.45) is 1.71. The van der Waals surface area contributed by atoms with Crippen molar-refractivity contribution in [3.8, 4) is 16.3 Å². The Balaban J connectivity index is 1.68. The van der Waals surface area contributed by atoms with Crippen molar-refractivity contribution in [2.75, 3.05) is 12.0 Å². The maximum absolute atomic E-state index is 6.17. The molecule has 1 N–H and O–H groups in total. The number of ether oxygens (including phenoxy) is 1. The van der Waals surface area contributed by atoms with Crippen molar-refractivity contribution in [3.63, 3.8) is 0 Å². The van der Waals surface area contributed by atoms with E-state index in [9.17, 15) is 0 Å². The summed E-state index contributed by atoms with van der Waals surface area (Å²) < 4.78 is 5.42. The van der Waals surface area contributed by atoms with Gasteiger partial charge in [-0.15, -0.1) is 22.7 Å². The maximum atomic E-state index is 6.17. The Labute approximate surface area is 153 Å². The fourth-order valence-electron chi connectivity index (χ4n) is 2.12. The van der Waals surface area contributed by atoms with Crippen molar-refractivity contribution in [2.24, 2.45) is 5.10 Å². The highest BCUT2D eigenvalue weighted by Gasteiger charge is 2.10.